The first-order valence-corrected chi connectivity index (χ1v) is 33.4. The molecule has 24 nitrogen and oxygen atoms in total. The molecule has 3 aliphatic rings. The molecule has 0 aromatic heterocycles. The Balaban J connectivity index is 1.19. The molecule has 24 heteroatoms. The van der Waals surface area contributed by atoms with Crippen LogP contribution in [0.1, 0.15) is 130 Å². The molecule has 2 aromatic rings. The highest BCUT2D eigenvalue weighted by Gasteiger charge is 2.45. The van der Waals surface area contributed by atoms with Gasteiger partial charge in [-0.2, -0.15) is 0 Å². The number of anilines is 1. The number of aliphatic hydroxyl groups excluding tert-OH is 1. The van der Waals surface area contributed by atoms with Gasteiger partial charge in [0.15, 0.2) is 0 Å². The van der Waals surface area contributed by atoms with Gasteiger partial charge in [0.25, 0.3) is 11.8 Å². The van der Waals surface area contributed by atoms with Gasteiger partial charge in [-0.15, -0.1) is 0 Å². The molecule has 2 aliphatic heterocycles. The van der Waals surface area contributed by atoms with Gasteiger partial charge in [-0.25, -0.2) is 4.79 Å². The van der Waals surface area contributed by atoms with Gasteiger partial charge in [0, 0.05) is 77.6 Å². The first-order valence-electron chi connectivity index (χ1n) is 33.4. The summed E-state index contributed by atoms with van der Waals surface area (Å²) in [5, 5.41) is 20.6. The van der Waals surface area contributed by atoms with E-state index in [2.05, 4.69) is 28.2 Å². The number of imide groups is 2. The van der Waals surface area contributed by atoms with E-state index in [-0.39, 0.29) is 106 Å². The topological polar surface area (TPSA) is 290 Å². The smallest absolute Gasteiger partial charge is 0.325 e. The van der Waals surface area contributed by atoms with Crippen molar-refractivity contribution in [2.45, 2.75) is 174 Å². The number of likely N-dealkylation sites (tertiary alicyclic amines) is 1. The summed E-state index contributed by atoms with van der Waals surface area (Å²) in [6.07, 6.45) is 6.42. The maximum absolute atomic E-state index is 14.9. The van der Waals surface area contributed by atoms with Crippen LogP contribution in [0.5, 0.6) is 0 Å². The third-order valence-corrected chi connectivity index (χ3v) is 18.3. The first-order chi connectivity index (χ1) is 44.6. The summed E-state index contributed by atoms with van der Waals surface area (Å²) < 4.78 is 34.2. The molecule has 2 heterocycles. The van der Waals surface area contributed by atoms with E-state index in [9.17, 15) is 43.2 Å². The minimum absolute atomic E-state index is 0.0201. The Morgan fingerprint density at radius 2 is 1.35 bits per heavy atom. The number of nitrogens with one attached hydrogen (secondary N) is 4. The van der Waals surface area contributed by atoms with Gasteiger partial charge in [0.2, 0.25) is 35.4 Å². The number of rotatable bonds is 42. The van der Waals surface area contributed by atoms with E-state index in [4.69, 9.17) is 33.5 Å². The minimum atomic E-state index is -1.05. The van der Waals surface area contributed by atoms with Gasteiger partial charge < -0.3 is 64.6 Å². The molecule has 0 spiro atoms. The zero-order valence-electron chi connectivity index (χ0n) is 56.6. The first kappa shape index (κ1) is 77.0. The van der Waals surface area contributed by atoms with Crippen molar-refractivity contribution in [2.75, 3.05) is 99.1 Å². The molecule has 1 aliphatic carbocycles. The van der Waals surface area contributed by atoms with Crippen LogP contribution in [0.2, 0.25) is 0 Å². The van der Waals surface area contributed by atoms with Crippen molar-refractivity contribution in [3.8, 4) is 0 Å². The van der Waals surface area contributed by atoms with Crippen molar-refractivity contribution in [3.05, 3.63) is 77.9 Å². The molecule has 518 valence electrons. The van der Waals surface area contributed by atoms with Crippen LogP contribution in [0, 0.1) is 29.6 Å². The van der Waals surface area contributed by atoms with Crippen LogP contribution in [0.3, 0.4) is 0 Å². The van der Waals surface area contributed by atoms with Crippen molar-refractivity contribution in [1.29, 1.82) is 0 Å². The lowest BCUT2D eigenvalue weighted by Crippen LogP contribution is -2.60. The highest BCUT2D eigenvalue weighted by Crippen LogP contribution is 2.36. The van der Waals surface area contributed by atoms with Gasteiger partial charge in [0.1, 0.15) is 12.1 Å². The fraction of sp³-hybridized carbons (Fsp3) is 0.667. The lowest BCUT2D eigenvalue weighted by Gasteiger charge is -2.41. The second kappa shape index (κ2) is 40.6. The van der Waals surface area contributed by atoms with Crippen molar-refractivity contribution in [3.63, 3.8) is 0 Å². The third kappa shape index (κ3) is 23.9. The van der Waals surface area contributed by atoms with E-state index >= 15 is 0 Å². The van der Waals surface area contributed by atoms with Crippen molar-refractivity contribution >= 4 is 59.0 Å². The Morgan fingerprint density at radius 1 is 0.720 bits per heavy atom. The van der Waals surface area contributed by atoms with Crippen molar-refractivity contribution in [2.24, 2.45) is 29.6 Å². The van der Waals surface area contributed by atoms with Gasteiger partial charge in [-0.05, 0) is 85.5 Å². The van der Waals surface area contributed by atoms with Crippen LogP contribution in [0.25, 0.3) is 0 Å². The largest absolute Gasteiger partial charge is 0.394 e. The number of unbranched alkanes of at least 4 members (excludes halogenated alkanes) is 2. The van der Waals surface area contributed by atoms with Crippen molar-refractivity contribution in [1.82, 2.24) is 35.6 Å². The maximum atomic E-state index is 14.9. The van der Waals surface area contributed by atoms with Crippen molar-refractivity contribution < 1.29 is 76.7 Å². The predicted octanol–water partition coefficient (Wildman–Crippen LogP) is 5.82. The molecule has 5 rings (SSSR count). The highest BCUT2D eigenvalue weighted by molar-refractivity contribution is 6.12. The number of amides is 10. The Labute approximate surface area is 550 Å². The number of likely N-dealkylation sites (N-methyl/N-ethyl adjacent to an activating group) is 1. The Bertz CT molecular complexity index is 2700. The van der Waals surface area contributed by atoms with Gasteiger partial charge in [0.05, 0.1) is 103 Å². The maximum Gasteiger partial charge on any atom is 0.325 e. The van der Waals surface area contributed by atoms with E-state index in [1.54, 1.807) is 48.0 Å². The normalized spacial score (nSPS) is 19.4. The second-order valence-electron chi connectivity index (χ2n) is 25.1. The Hall–Kier alpha value is -6.67. The predicted molar refractivity (Wildman–Crippen MR) is 350 cm³/mol. The molecule has 1 saturated heterocycles. The Kier molecular flexibility index (Phi) is 33.6. The number of carbonyl (C=O) groups is 9. The van der Waals surface area contributed by atoms with E-state index < -0.39 is 77.9 Å². The molecule has 0 radical (unpaired) electrons. The molecule has 2 fully saturated rings. The lowest BCUT2D eigenvalue weighted by molar-refractivity contribution is -0.147. The number of carbonyl (C=O) groups excluding carboxylic acids is 9. The number of benzene rings is 2. The molecule has 1 saturated carbocycles. The molecule has 93 heavy (non-hydrogen) atoms. The lowest BCUT2D eigenvalue weighted by atomic mass is 9.89. The summed E-state index contributed by atoms with van der Waals surface area (Å²) in [7, 11) is 4.68. The minimum Gasteiger partial charge on any atom is -0.394 e. The summed E-state index contributed by atoms with van der Waals surface area (Å²) in [5.74, 6) is -3.83. The number of urea groups is 1. The average molecular weight is 1300 g/mol. The fourth-order valence-electron chi connectivity index (χ4n) is 12.5. The second-order valence-corrected chi connectivity index (χ2v) is 25.1. The summed E-state index contributed by atoms with van der Waals surface area (Å²) in [4.78, 5) is 129. The summed E-state index contributed by atoms with van der Waals surface area (Å²) in [6.45, 7) is 16.8. The van der Waals surface area contributed by atoms with Gasteiger partial charge in [-0.1, -0.05) is 104 Å². The van der Waals surface area contributed by atoms with Crippen LogP contribution in [-0.4, -0.2) is 214 Å². The molecular formula is C69H106N8O16. The quantitative estimate of drug-likeness (QED) is 0.0387. The van der Waals surface area contributed by atoms with Crippen LogP contribution < -0.4 is 21.3 Å². The molecule has 5 N–H and O–H groups in total. The summed E-state index contributed by atoms with van der Waals surface area (Å²) in [6, 6.07) is 12.1. The van der Waals surface area contributed by atoms with Gasteiger partial charge in [-0.3, -0.25) is 48.2 Å². The van der Waals surface area contributed by atoms with Crippen LogP contribution in [0.15, 0.2) is 66.7 Å². The van der Waals surface area contributed by atoms with E-state index in [1.165, 1.54) is 36.2 Å². The van der Waals surface area contributed by atoms with Crippen LogP contribution >= 0.6 is 0 Å². The van der Waals surface area contributed by atoms with Gasteiger partial charge >= 0.3 is 6.03 Å². The molecule has 0 bridgehead atoms. The molecule has 11 atom stereocenters. The number of methoxy groups -OCH3 is 2. The average Bonchev–Trinajstić information content (AvgIpc) is 1.83. The number of aliphatic hydroxyl groups is 1. The molecule has 2 aromatic carbocycles. The zero-order chi connectivity index (χ0) is 68.0. The fourth-order valence-corrected chi connectivity index (χ4v) is 12.5. The summed E-state index contributed by atoms with van der Waals surface area (Å²) >= 11 is 0. The molecule has 2 unspecified atom stereocenters. The zero-order valence-corrected chi connectivity index (χ0v) is 56.6. The Morgan fingerprint density at radius 3 is 1.94 bits per heavy atom. The number of hydrogen-bond donors (Lipinski definition) is 5. The third-order valence-electron chi connectivity index (χ3n) is 18.3. The highest BCUT2D eigenvalue weighted by atomic mass is 16.6. The SMILES string of the molecule is CC[C@H](C)[C@@H]([C@@H](CC(=O)N1CCC[C@H]1[C@H](OC)[C@@H](C)C(=O)N[C@@H](Cc1ccccc1)C(=O)Nc1ccc(CNC(=O)CCCCCN2C(=O)C=CC2=O)cc1)OC)N(C)C(=O)[C@@H](NC(=O)N(C(=O)CCOCCOCCOCCOCCO)C1CCC(C)[C@@H]1C)C(C)C. The van der Waals surface area contributed by atoms with E-state index in [1.807, 2.05) is 65.0 Å². The van der Waals surface area contributed by atoms with Crippen LogP contribution in [-0.2, 0) is 79.7 Å². The van der Waals surface area contributed by atoms with E-state index in [0.717, 1.165) is 17.5 Å². The number of ether oxygens (including phenoxy) is 6. The standard InChI is InChI=1S/C69H106N8O16/c1-11-47(4)64(74(8)68(86)63(46(2)3)73-69(87)77(55-28-23-48(5)49(55)6)61(82)31-35-90-37-39-92-41-42-93-40-38-91-36-34-78)57(88-9)44-62(83)75-33-18-21-56(75)65(89-10)50(7)66(84)72-54(43-51-19-14-12-15-20-51)67(85)71-53-26-24-52(25-27-53)45-70-58(79)22-16-13-17-32-76-59(80)29-30-60(76)81/h12,14-15,19-20,24-27,29-30,46-50,54-57,63-65,78H,11,13,16-18,21-23,28,31-45H2,1-10H3,(H,70,79)(H,71,85)(H,72,84)(H,73,87)/t47-,48?,49-,50+,54-,55?,56-,57+,63-,64-,65+/m0/s1. The van der Waals surface area contributed by atoms with Crippen LogP contribution in [0.4, 0.5) is 10.5 Å². The molecule has 10 amide bonds. The van der Waals surface area contributed by atoms with E-state index in [0.29, 0.717) is 96.6 Å². The summed E-state index contributed by atoms with van der Waals surface area (Å²) in [5.41, 5.74) is 2.11. The number of hydrogen-bond acceptors (Lipinski definition) is 16. The number of nitrogens with zero attached hydrogens (tertiary/aromatic N) is 4. The monoisotopic (exact) mass is 1300 g/mol. The molecular weight excluding hydrogens is 1200 g/mol.